The summed E-state index contributed by atoms with van der Waals surface area (Å²) in [4.78, 5) is 25.4. The Morgan fingerprint density at radius 3 is 2.48 bits per heavy atom. The fourth-order valence-electron chi connectivity index (χ4n) is 2.04. The first-order valence-corrected chi connectivity index (χ1v) is 7.35. The number of carbonyl (C=O) groups is 2. The van der Waals surface area contributed by atoms with Gasteiger partial charge in [-0.25, -0.2) is 0 Å². The quantitative estimate of drug-likeness (QED) is 0.913. The van der Waals surface area contributed by atoms with Crippen LogP contribution in [0.2, 0.25) is 5.02 Å². The lowest BCUT2D eigenvalue weighted by Crippen LogP contribution is -2.36. The van der Waals surface area contributed by atoms with Crippen molar-refractivity contribution in [2.45, 2.75) is 6.92 Å². The van der Waals surface area contributed by atoms with Gasteiger partial charge in [0.25, 0.3) is 0 Å². The van der Waals surface area contributed by atoms with Crippen molar-refractivity contribution in [3.05, 3.63) is 53.6 Å². The topological polar surface area (TPSA) is 58.6 Å². The molecule has 23 heavy (non-hydrogen) atoms. The molecule has 0 aliphatic heterocycles. The van der Waals surface area contributed by atoms with Gasteiger partial charge < -0.3 is 15.0 Å². The Kier molecular flexibility index (Phi) is 5.60. The van der Waals surface area contributed by atoms with E-state index in [0.29, 0.717) is 22.1 Å². The number of benzene rings is 2. The first-order valence-electron chi connectivity index (χ1n) is 6.97. The van der Waals surface area contributed by atoms with Gasteiger partial charge in [-0.15, -0.1) is 0 Å². The number of ether oxygens (including phenoxy) is 1. The number of halogens is 1. The van der Waals surface area contributed by atoms with Gasteiger partial charge in [-0.05, 0) is 36.4 Å². The molecule has 1 N–H and O–H groups in total. The monoisotopic (exact) mass is 332 g/mol. The second kappa shape index (κ2) is 7.65. The molecule has 0 atom stereocenters. The molecule has 2 rings (SSSR count). The highest BCUT2D eigenvalue weighted by atomic mass is 35.5. The highest BCUT2D eigenvalue weighted by molar-refractivity contribution is 6.30. The third-order valence-corrected chi connectivity index (χ3v) is 3.43. The summed E-state index contributed by atoms with van der Waals surface area (Å²) < 4.78 is 5.15. The predicted molar refractivity (Wildman–Crippen MR) is 91.1 cm³/mol. The molecule has 2 aromatic rings. The summed E-state index contributed by atoms with van der Waals surface area (Å²) in [6, 6.07) is 13.8. The standard InChI is InChI=1S/C17H17ClN2O3/c1-12(21)20(15-4-3-5-16(10-15)23-2)11-17(22)19-14-8-6-13(18)7-9-14/h3-10H,11H2,1-2H3,(H,19,22). The van der Waals surface area contributed by atoms with Crippen LogP contribution in [0.1, 0.15) is 6.92 Å². The number of nitrogens with zero attached hydrogens (tertiary/aromatic N) is 1. The van der Waals surface area contributed by atoms with E-state index in [1.54, 1.807) is 55.6 Å². The highest BCUT2D eigenvalue weighted by Gasteiger charge is 2.16. The van der Waals surface area contributed by atoms with Crippen LogP contribution in [0.15, 0.2) is 48.5 Å². The Hall–Kier alpha value is -2.53. The van der Waals surface area contributed by atoms with E-state index >= 15 is 0 Å². The Bertz CT molecular complexity index is 701. The second-order valence-electron chi connectivity index (χ2n) is 4.86. The van der Waals surface area contributed by atoms with Gasteiger partial charge in [0.15, 0.2) is 0 Å². The molecule has 0 saturated heterocycles. The SMILES string of the molecule is COc1cccc(N(CC(=O)Nc2ccc(Cl)cc2)C(C)=O)c1. The van der Waals surface area contributed by atoms with Gasteiger partial charge in [-0.1, -0.05) is 17.7 Å². The largest absolute Gasteiger partial charge is 0.497 e. The normalized spacial score (nSPS) is 10.0. The number of methoxy groups -OCH3 is 1. The zero-order chi connectivity index (χ0) is 16.8. The molecule has 0 fully saturated rings. The number of nitrogens with one attached hydrogen (secondary N) is 1. The summed E-state index contributed by atoms with van der Waals surface area (Å²) in [6.07, 6.45) is 0. The Labute approximate surface area is 139 Å². The fraction of sp³-hybridized carbons (Fsp3) is 0.176. The van der Waals surface area contributed by atoms with E-state index in [2.05, 4.69) is 5.32 Å². The first-order chi connectivity index (χ1) is 11.0. The maximum absolute atomic E-state index is 12.2. The molecule has 0 bridgehead atoms. The lowest BCUT2D eigenvalue weighted by Gasteiger charge is -2.21. The van der Waals surface area contributed by atoms with Crippen molar-refractivity contribution >= 4 is 34.8 Å². The lowest BCUT2D eigenvalue weighted by atomic mass is 10.2. The van der Waals surface area contributed by atoms with Gasteiger partial charge in [0.2, 0.25) is 11.8 Å². The van der Waals surface area contributed by atoms with Gasteiger partial charge in [0.05, 0.1) is 7.11 Å². The van der Waals surface area contributed by atoms with Gasteiger partial charge in [-0.2, -0.15) is 0 Å². The average Bonchev–Trinajstić information content (AvgIpc) is 2.54. The molecule has 6 heteroatoms. The van der Waals surface area contributed by atoms with Gasteiger partial charge >= 0.3 is 0 Å². The van der Waals surface area contributed by atoms with Crippen molar-refractivity contribution in [3.8, 4) is 5.75 Å². The van der Waals surface area contributed by atoms with Crippen molar-refractivity contribution < 1.29 is 14.3 Å². The second-order valence-corrected chi connectivity index (χ2v) is 5.30. The van der Waals surface area contributed by atoms with E-state index in [1.807, 2.05) is 0 Å². The van der Waals surface area contributed by atoms with Crippen LogP contribution in [0.5, 0.6) is 5.75 Å². The van der Waals surface area contributed by atoms with E-state index in [-0.39, 0.29) is 18.4 Å². The van der Waals surface area contributed by atoms with Crippen LogP contribution in [0, 0.1) is 0 Å². The molecule has 0 saturated carbocycles. The molecular formula is C17H17ClN2O3. The molecule has 0 radical (unpaired) electrons. The average molecular weight is 333 g/mol. The van der Waals surface area contributed by atoms with Crippen LogP contribution < -0.4 is 15.0 Å². The summed E-state index contributed by atoms with van der Waals surface area (Å²) in [5.41, 5.74) is 1.22. The number of anilines is 2. The van der Waals surface area contributed by atoms with Crippen molar-refractivity contribution in [3.63, 3.8) is 0 Å². The van der Waals surface area contributed by atoms with Crippen LogP contribution in [0.25, 0.3) is 0 Å². The molecule has 0 heterocycles. The highest BCUT2D eigenvalue weighted by Crippen LogP contribution is 2.21. The summed E-state index contributed by atoms with van der Waals surface area (Å²) in [7, 11) is 1.55. The number of carbonyl (C=O) groups excluding carboxylic acids is 2. The Balaban J connectivity index is 2.11. The third-order valence-electron chi connectivity index (χ3n) is 3.17. The molecule has 2 amide bonds. The first kappa shape index (κ1) is 16.8. The van der Waals surface area contributed by atoms with Crippen molar-refractivity contribution in [1.82, 2.24) is 0 Å². The van der Waals surface area contributed by atoms with E-state index in [4.69, 9.17) is 16.3 Å². The van der Waals surface area contributed by atoms with E-state index in [9.17, 15) is 9.59 Å². The van der Waals surface area contributed by atoms with E-state index < -0.39 is 0 Å². The number of hydrogen-bond donors (Lipinski definition) is 1. The maximum Gasteiger partial charge on any atom is 0.244 e. The molecular weight excluding hydrogens is 316 g/mol. The Morgan fingerprint density at radius 1 is 1.17 bits per heavy atom. The predicted octanol–water partition coefficient (Wildman–Crippen LogP) is 3.34. The van der Waals surface area contributed by atoms with Gasteiger partial charge in [0, 0.05) is 29.4 Å². The van der Waals surface area contributed by atoms with Gasteiger partial charge in [0.1, 0.15) is 12.3 Å². The molecule has 0 aliphatic rings. The summed E-state index contributed by atoms with van der Waals surface area (Å²) in [5, 5.41) is 3.32. The number of amides is 2. The fourth-order valence-corrected chi connectivity index (χ4v) is 2.17. The number of rotatable bonds is 5. The van der Waals surface area contributed by atoms with Gasteiger partial charge in [-0.3, -0.25) is 9.59 Å². The van der Waals surface area contributed by atoms with Crippen LogP contribution in [-0.4, -0.2) is 25.5 Å². The van der Waals surface area contributed by atoms with Crippen molar-refractivity contribution in [2.75, 3.05) is 23.9 Å². The molecule has 0 unspecified atom stereocenters. The van der Waals surface area contributed by atoms with Crippen LogP contribution >= 0.6 is 11.6 Å². The zero-order valence-corrected chi connectivity index (χ0v) is 13.6. The molecule has 120 valence electrons. The smallest absolute Gasteiger partial charge is 0.244 e. The Morgan fingerprint density at radius 2 is 1.87 bits per heavy atom. The van der Waals surface area contributed by atoms with E-state index in [1.165, 1.54) is 11.8 Å². The molecule has 2 aromatic carbocycles. The molecule has 5 nitrogen and oxygen atoms in total. The third kappa shape index (κ3) is 4.72. The molecule has 0 aromatic heterocycles. The van der Waals surface area contributed by atoms with Crippen LogP contribution in [0.4, 0.5) is 11.4 Å². The minimum atomic E-state index is -0.301. The lowest BCUT2D eigenvalue weighted by molar-refractivity contribution is -0.120. The summed E-state index contributed by atoms with van der Waals surface area (Å²) in [6.45, 7) is 1.32. The van der Waals surface area contributed by atoms with E-state index in [0.717, 1.165) is 0 Å². The minimum absolute atomic E-state index is 0.0921. The maximum atomic E-state index is 12.2. The minimum Gasteiger partial charge on any atom is -0.497 e. The molecule has 0 aliphatic carbocycles. The van der Waals surface area contributed by atoms with Crippen LogP contribution in [-0.2, 0) is 9.59 Å². The van der Waals surface area contributed by atoms with Crippen LogP contribution in [0.3, 0.4) is 0 Å². The number of hydrogen-bond acceptors (Lipinski definition) is 3. The zero-order valence-electron chi connectivity index (χ0n) is 12.9. The van der Waals surface area contributed by atoms with Crippen molar-refractivity contribution in [1.29, 1.82) is 0 Å². The summed E-state index contributed by atoms with van der Waals surface area (Å²) in [5.74, 6) is 0.0849. The summed E-state index contributed by atoms with van der Waals surface area (Å²) >= 11 is 5.81. The molecule has 0 spiro atoms. The van der Waals surface area contributed by atoms with Crippen molar-refractivity contribution in [2.24, 2.45) is 0 Å².